The Morgan fingerprint density at radius 3 is 2.52 bits per heavy atom. The first-order valence-electron chi connectivity index (χ1n) is 8.22. The second kappa shape index (κ2) is 8.40. The number of hydrogen-bond donors (Lipinski definition) is 1. The summed E-state index contributed by atoms with van der Waals surface area (Å²) < 4.78 is 38.1. The molecule has 9 heteroatoms. The Hall–Kier alpha value is -1.28. The maximum absolute atomic E-state index is 12.7. The lowest BCUT2D eigenvalue weighted by atomic mass is 10.1. The lowest BCUT2D eigenvalue weighted by Crippen LogP contribution is -2.52. The molecule has 0 bridgehead atoms. The Balaban J connectivity index is 1.93. The fourth-order valence-electron chi connectivity index (χ4n) is 2.46. The molecule has 4 nitrogen and oxygen atoms in total. The molecular weight excluding hydrogens is 373 g/mol. The predicted molar refractivity (Wildman–Crippen MR) is 98.1 cm³/mol. The molecule has 25 heavy (non-hydrogen) atoms. The number of pyridine rings is 1. The van der Waals surface area contributed by atoms with Crippen molar-refractivity contribution >= 4 is 34.7 Å². The van der Waals surface area contributed by atoms with Crippen molar-refractivity contribution in [1.82, 2.24) is 15.2 Å². The maximum atomic E-state index is 12.7. The van der Waals surface area contributed by atoms with E-state index in [1.54, 1.807) is 0 Å². The highest BCUT2D eigenvalue weighted by molar-refractivity contribution is 7.80. The zero-order chi connectivity index (χ0) is 18.6. The molecule has 2 rings (SSSR count). The van der Waals surface area contributed by atoms with E-state index in [0.717, 1.165) is 25.2 Å². The number of anilines is 1. The number of nitrogens with one attached hydrogen (secondary N) is 1. The van der Waals surface area contributed by atoms with E-state index < -0.39 is 11.7 Å². The fraction of sp³-hybridized carbons (Fsp3) is 0.625. The van der Waals surface area contributed by atoms with E-state index in [0.29, 0.717) is 43.0 Å². The molecule has 1 aliphatic rings. The van der Waals surface area contributed by atoms with Crippen LogP contribution in [0.2, 0.25) is 5.02 Å². The van der Waals surface area contributed by atoms with Crippen LogP contribution in [-0.4, -0.2) is 47.7 Å². The van der Waals surface area contributed by atoms with E-state index >= 15 is 0 Å². The predicted octanol–water partition coefficient (Wildman–Crippen LogP) is 3.80. The van der Waals surface area contributed by atoms with Gasteiger partial charge in [0.25, 0.3) is 0 Å². The minimum absolute atomic E-state index is 0.0146. The van der Waals surface area contributed by atoms with E-state index in [1.165, 1.54) is 0 Å². The minimum Gasteiger partial charge on any atom is -0.362 e. The third kappa shape index (κ3) is 5.34. The smallest absolute Gasteiger partial charge is 0.362 e. The summed E-state index contributed by atoms with van der Waals surface area (Å²) in [4.78, 5) is 7.86. The molecule has 0 aromatic carbocycles. The first-order chi connectivity index (χ1) is 11.7. The zero-order valence-electron chi connectivity index (χ0n) is 14.2. The van der Waals surface area contributed by atoms with Crippen molar-refractivity contribution in [2.45, 2.75) is 26.4 Å². The topological polar surface area (TPSA) is 31.4 Å². The molecule has 1 atom stereocenters. The summed E-state index contributed by atoms with van der Waals surface area (Å²) in [7, 11) is 0. The number of thiocarbonyl (C=S) groups is 1. The molecule has 1 N–H and O–H groups in total. The summed E-state index contributed by atoms with van der Waals surface area (Å²) in [6.07, 6.45) is -2.53. The number of alkyl halides is 3. The van der Waals surface area contributed by atoms with Crippen molar-refractivity contribution in [1.29, 1.82) is 0 Å². The molecule has 2 heterocycles. The van der Waals surface area contributed by atoms with E-state index in [9.17, 15) is 13.2 Å². The molecule has 1 aliphatic heterocycles. The fourth-order valence-corrected chi connectivity index (χ4v) is 3.01. The Labute approximate surface area is 156 Å². The van der Waals surface area contributed by atoms with Crippen molar-refractivity contribution < 1.29 is 13.2 Å². The molecule has 1 aromatic rings. The Morgan fingerprint density at radius 1 is 1.36 bits per heavy atom. The van der Waals surface area contributed by atoms with Crippen molar-refractivity contribution in [3.05, 3.63) is 22.8 Å². The van der Waals surface area contributed by atoms with Crippen molar-refractivity contribution in [3.63, 3.8) is 0 Å². The molecule has 1 aromatic heterocycles. The average molecular weight is 395 g/mol. The first-order valence-corrected chi connectivity index (χ1v) is 9.01. The van der Waals surface area contributed by atoms with Gasteiger partial charge in [0, 0.05) is 38.9 Å². The van der Waals surface area contributed by atoms with E-state index in [-0.39, 0.29) is 5.02 Å². The standard InChI is InChI=1S/C16H22ClF3N4S/c1-3-11(2)9-22-15(25)24-6-4-23(5-7-24)14-13(17)8-12(10-21-14)16(18,19)20/h8,10-11H,3-7,9H2,1-2H3,(H,22,25)/t11-/m0/s1. The molecule has 0 spiro atoms. The van der Waals surface area contributed by atoms with Crippen LogP contribution in [0.15, 0.2) is 12.3 Å². The SMILES string of the molecule is CC[C@H](C)CNC(=S)N1CCN(c2ncc(C(F)(F)F)cc2Cl)CC1. The number of rotatable bonds is 4. The molecule has 140 valence electrons. The van der Waals surface area contributed by atoms with Crippen LogP contribution < -0.4 is 10.2 Å². The van der Waals surface area contributed by atoms with E-state index in [1.807, 2.05) is 4.90 Å². The maximum Gasteiger partial charge on any atom is 0.417 e. The second-order valence-corrected chi connectivity index (χ2v) is 6.99. The summed E-state index contributed by atoms with van der Waals surface area (Å²) in [5, 5.41) is 3.99. The highest BCUT2D eigenvalue weighted by Crippen LogP contribution is 2.33. The van der Waals surface area contributed by atoms with Crippen LogP contribution in [0, 0.1) is 5.92 Å². The normalized spacial score (nSPS) is 16.7. The van der Waals surface area contributed by atoms with Crippen LogP contribution >= 0.6 is 23.8 Å². The molecule has 0 amide bonds. The average Bonchev–Trinajstić information content (AvgIpc) is 2.58. The van der Waals surface area contributed by atoms with Crippen LogP contribution in [0.4, 0.5) is 19.0 Å². The third-order valence-corrected chi connectivity index (χ3v) is 4.99. The summed E-state index contributed by atoms with van der Waals surface area (Å²) in [5.74, 6) is 0.933. The number of halogens is 4. The second-order valence-electron chi connectivity index (χ2n) is 6.20. The van der Waals surface area contributed by atoms with Gasteiger partial charge in [0.2, 0.25) is 0 Å². The molecule has 1 saturated heterocycles. The summed E-state index contributed by atoms with van der Waals surface area (Å²) in [6.45, 7) is 7.67. The van der Waals surface area contributed by atoms with Crippen molar-refractivity contribution in [2.75, 3.05) is 37.6 Å². The van der Waals surface area contributed by atoms with Gasteiger partial charge in [0.15, 0.2) is 5.11 Å². The molecule has 1 fully saturated rings. The number of piperazine rings is 1. The number of hydrogen-bond acceptors (Lipinski definition) is 3. The van der Waals surface area contributed by atoms with Crippen LogP contribution in [0.3, 0.4) is 0 Å². The molecular formula is C16H22ClF3N4S. The van der Waals surface area contributed by atoms with Gasteiger partial charge in [-0.25, -0.2) is 4.98 Å². The summed E-state index contributed by atoms with van der Waals surface area (Å²) in [5.41, 5.74) is -0.838. The van der Waals surface area contributed by atoms with Gasteiger partial charge in [-0.1, -0.05) is 31.9 Å². The molecule has 0 saturated carbocycles. The minimum atomic E-state index is -4.44. The van der Waals surface area contributed by atoms with Crippen molar-refractivity contribution in [2.24, 2.45) is 5.92 Å². The first kappa shape index (κ1) is 20.0. The van der Waals surface area contributed by atoms with Crippen LogP contribution in [0.5, 0.6) is 0 Å². The lowest BCUT2D eigenvalue weighted by molar-refractivity contribution is -0.137. The summed E-state index contributed by atoms with van der Waals surface area (Å²) in [6, 6.07) is 0.925. The van der Waals surface area contributed by atoms with Gasteiger partial charge in [0.1, 0.15) is 5.82 Å². The van der Waals surface area contributed by atoms with Gasteiger partial charge >= 0.3 is 6.18 Å². The monoisotopic (exact) mass is 394 g/mol. The van der Waals surface area contributed by atoms with E-state index in [2.05, 4.69) is 29.0 Å². The van der Waals surface area contributed by atoms with Crippen LogP contribution in [0.1, 0.15) is 25.8 Å². The van der Waals surface area contributed by atoms with Gasteiger partial charge < -0.3 is 15.1 Å². The number of aromatic nitrogens is 1. The van der Waals surface area contributed by atoms with Gasteiger partial charge in [-0.2, -0.15) is 13.2 Å². The lowest BCUT2D eigenvalue weighted by Gasteiger charge is -2.37. The van der Waals surface area contributed by atoms with Crippen LogP contribution in [0.25, 0.3) is 0 Å². The summed E-state index contributed by atoms with van der Waals surface area (Å²) >= 11 is 11.4. The van der Waals surface area contributed by atoms with Gasteiger partial charge in [-0.3, -0.25) is 0 Å². The Morgan fingerprint density at radius 2 is 2.00 bits per heavy atom. The molecule has 0 radical (unpaired) electrons. The Bertz CT molecular complexity index is 604. The van der Waals surface area contributed by atoms with E-state index in [4.69, 9.17) is 23.8 Å². The largest absolute Gasteiger partial charge is 0.417 e. The van der Waals surface area contributed by atoms with Gasteiger partial charge in [-0.15, -0.1) is 0 Å². The molecule has 0 aliphatic carbocycles. The number of nitrogens with zero attached hydrogens (tertiary/aromatic N) is 3. The quantitative estimate of drug-likeness (QED) is 0.785. The zero-order valence-corrected chi connectivity index (χ0v) is 15.8. The Kier molecular flexibility index (Phi) is 6.73. The highest BCUT2D eigenvalue weighted by Gasteiger charge is 2.32. The van der Waals surface area contributed by atoms with Gasteiger partial charge in [0.05, 0.1) is 10.6 Å². The van der Waals surface area contributed by atoms with Crippen LogP contribution in [-0.2, 0) is 6.18 Å². The van der Waals surface area contributed by atoms with Gasteiger partial charge in [-0.05, 0) is 24.2 Å². The highest BCUT2D eigenvalue weighted by atomic mass is 35.5. The molecule has 0 unspecified atom stereocenters. The third-order valence-electron chi connectivity index (χ3n) is 4.31. The van der Waals surface area contributed by atoms with Crippen molar-refractivity contribution in [3.8, 4) is 0 Å².